The van der Waals surface area contributed by atoms with Crippen molar-refractivity contribution in [1.82, 2.24) is 0 Å². The summed E-state index contributed by atoms with van der Waals surface area (Å²) in [4.78, 5) is 23.8. The second kappa shape index (κ2) is 9.42. The van der Waals surface area contributed by atoms with E-state index in [1.807, 2.05) is 7.11 Å². The van der Waals surface area contributed by atoms with Crippen molar-refractivity contribution in [3.05, 3.63) is 35.4 Å². The molecule has 0 aromatic heterocycles. The lowest BCUT2D eigenvalue weighted by Gasteiger charge is -2.46. The van der Waals surface area contributed by atoms with Crippen LogP contribution >= 0.6 is 0 Å². The molecule has 0 radical (unpaired) electrons. The highest BCUT2D eigenvalue weighted by molar-refractivity contribution is 5.96. The fourth-order valence-corrected chi connectivity index (χ4v) is 5.36. The zero-order chi connectivity index (χ0) is 21.0. The Kier molecular flexibility index (Phi) is 7.15. The van der Waals surface area contributed by atoms with Gasteiger partial charge in [-0.15, -0.1) is 0 Å². The third kappa shape index (κ3) is 5.28. The minimum Gasteiger partial charge on any atom is -0.459 e. The molecule has 0 saturated heterocycles. The first-order valence-corrected chi connectivity index (χ1v) is 11.2. The van der Waals surface area contributed by atoms with Crippen LogP contribution in [0.2, 0.25) is 0 Å². The maximum Gasteiger partial charge on any atom is 0.338 e. The van der Waals surface area contributed by atoms with E-state index in [4.69, 9.17) is 9.47 Å². The first kappa shape index (κ1) is 22.0. The third-order valence-corrected chi connectivity index (χ3v) is 7.59. The lowest BCUT2D eigenvalue weighted by atomic mass is 9.60. The summed E-state index contributed by atoms with van der Waals surface area (Å²) in [6.07, 6.45) is 9.47. The molecular weight excluding hydrogens is 364 g/mol. The molecule has 2 aliphatic carbocycles. The number of ether oxygens (including phenoxy) is 2. The summed E-state index contributed by atoms with van der Waals surface area (Å²) in [5.74, 6) is 1.18. The summed E-state index contributed by atoms with van der Waals surface area (Å²) in [6, 6.07) is 6.75. The SMILES string of the molecule is COC1CCC(C(C)(C)C2CCC(OC(=O)c3ccc(C(C)=O)cc3)CC2)CC1. The largest absolute Gasteiger partial charge is 0.459 e. The normalized spacial score (nSPS) is 28.0. The molecule has 2 aliphatic rings. The van der Waals surface area contributed by atoms with Gasteiger partial charge in [0.15, 0.2) is 5.78 Å². The van der Waals surface area contributed by atoms with Gasteiger partial charge in [0.1, 0.15) is 6.10 Å². The van der Waals surface area contributed by atoms with Gasteiger partial charge >= 0.3 is 5.97 Å². The predicted octanol–water partition coefficient (Wildman–Crippen LogP) is 5.84. The molecule has 4 heteroatoms. The number of carbonyl (C=O) groups excluding carboxylic acids is 2. The number of Topliss-reactive ketones (excluding diaryl/α,β-unsaturated/α-hetero) is 1. The molecule has 3 rings (SSSR count). The van der Waals surface area contributed by atoms with Crippen LogP contribution in [0.1, 0.15) is 92.9 Å². The van der Waals surface area contributed by atoms with Crippen LogP contribution in [0.4, 0.5) is 0 Å². The number of hydrogen-bond donors (Lipinski definition) is 0. The van der Waals surface area contributed by atoms with Gasteiger partial charge in [-0.2, -0.15) is 0 Å². The molecule has 1 aromatic rings. The van der Waals surface area contributed by atoms with Crippen molar-refractivity contribution in [3.63, 3.8) is 0 Å². The smallest absolute Gasteiger partial charge is 0.338 e. The van der Waals surface area contributed by atoms with Gasteiger partial charge in [-0.05, 0) is 87.7 Å². The van der Waals surface area contributed by atoms with Crippen LogP contribution in [-0.2, 0) is 9.47 Å². The van der Waals surface area contributed by atoms with Crippen LogP contribution in [0.3, 0.4) is 0 Å². The van der Waals surface area contributed by atoms with Gasteiger partial charge in [0.25, 0.3) is 0 Å². The van der Waals surface area contributed by atoms with Gasteiger partial charge in [0.05, 0.1) is 11.7 Å². The number of carbonyl (C=O) groups is 2. The Labute approximate surface area is 175 Å². The number of esters is 1. The maximum atomic E-state index is 12.5. The predicted molar refractivity (Wildman–Crippen MR) is 114 cm³/mol. The van der Waals surface area contributed by atoms with E-state index in [2.05, 4.69) is 13.8 Å². The molecule has 0 amide bonds. The van der Waals surface area contributed by atoms with Crippen LogP contribution in [0.25, 0.3) is 0 Å². The highest BCUT2D eigenvalue weighted by Crippen LogP contribution is 2.48. The quantitative estimate of drug-likeness (QED) is 0.445. The summed E-state index contributed by atoms with van der Waals surface area (Å²) >= 11 is 0. The third-order valence-electron chi connectivity index (χ3n) is 7.59. The van der Waals surface area contributed by atoms with Gasteiger partial charge in [-0.25, -0.2) is 4.79 Å². The first-order valence-electron chi connectivity index (χ1n) is 11.2. The fourth-order valence-electron chi connectivity index (χ4n) is 5.36. The average molecular weight is 401 g/mol. The van der Waals surface area contributed by atoms with E-state index in [9.17, 15) is 9.59 Å². The van der Waals surface area contributed by atoms with E-state index >= 15 is 0 Å². The van der Waals surface area contributed by atoms with E-state index < -0.39 is 0 Å². The van der Waals surface area contributed by atoms with Crippen molar-refractivity contribution in [2.75, 3.05) is 7.11 Å². The van der Waals surface area contributed by atoms with Crippen molar-refractivity contribution in [1.29, 1.82) is 0 Å². The molecule has 1 aromatic carbocycles. The minimum atomic E-state index is -0.277. The van der Waals surface area contributed by atoms with E-state index in [1.54, 1.807) is 24.3 Å². The molecule has 2 fully saturated rings. The van der Waals surface area contributed by atoms with Crippen molar-refractivity contribution < 1.29 is 19.1 Å². The summed E-state index contributed by atoms with van der Waals surface area (Å²) in [7, 11) is 1.83. The number of hydrogen-bond acceptors (Lipinski definition) is 4. The number of benzene rings is 1. The molecule has 0 atom stereocenters. The van der Waals surface area contributed by atoms with Crippen molar-refractivity contribution in [3.8, 4) is 0 Å². The molecule has 0 unspecified atom stereocenters. The van der Waals surface area contributed by atoms with E-state index in [1.165, 1.54) is 32.6 Å². The zero-order valence-corrected chi connectivity index (χ0v) is 18.4. The van der Waals surface area contributed by atoms with Crippen LogP contribution < -0.4 is 0 Å². The van der Waals surface area contributed by atoms with Gasteiger partial charge in [-0.3, -0.25) is 4.79 Å². The van der Waals surface area contributed by atoms with Crippen LogP contribution in [0, 0.1) is 17.3 Å². The molecular formula is C25H36O4. The van der Waals surface area contributed by atoms with Crippen molar-refractivity contribution in [2.24, 2.45) is 17.3 Å². The highest BCUT2D eigenvalue weighted by atomic mass is 16.5. The van der Waals surface area contributed by atoms with Crippen molar-refractivity contribution >= 4 is 11.8 Å². The topological polar surface area (TPSA) is 52.6 Å². The maximum absolute atomic E-state index is 12.5. The zero-order valence-electron chi connectivity index (χ0n) is 18.4. The lowest BCUT2D eigenvalue weighted by Crippen LogP contribution is -2.39. The van der Waals surface area contributed by atoms with E-state index in [0.29, 0.717) is 28.6 Å². The van der Waals surface area contributed by atoms with E-state index in [-0.39, 0.29) is 17.9 Å². The van der Waals surface area contributed by atoms with E-state index in [0.717, 1.165) is 31.6 Å². The Morgan fingerprint density at radius 1 is 0.793 bits per heavy atom. The molecule has 0 bridgehead atoms. The Morgan fingerprint density at radius 3 is 1.69 bits per heavy atom. The Morgan fingerprint density at radius 2 is 1.24 bits per heavy atom. The van der Waals surface area contributed by atoms with Crippen LogP contribution in [-0.4, -0.2) is 31.1 Å². The molecule has 0 spiro atoms. The first-order chi connectivity index (χ1) is 13.8. The van der Waals surface area contributed by atoms with Gasteiger partial charge in [0.2, 0.25) is 0 Å². The summed E-state index contributed by atoms with van der Waals surface area (Å²) in [5.41, 5.74) is 1.46. The summed E-state index contributed by atoms with van der Waals surface area (Å²) in [5, 5.41) is 0. The summed E-state index contributed by atoms with van der Waals surface area (Å²) < 4.78 is 11.3. The lowest BCUT2D eigenvalue weighted by molar-refractivity contribution is -0.0187. The Bertz CT molecular complexity index is 690. The minimum absolute atomic E-state index is 0.00145. The highest BCUT2D eigenvalue weighted by Gasteiger charge is 2.41. The summed E-state index contributed by atoms with van der Waals surface area (Å²) in [6.45, 7) is 6.41. The second-order valence-electron chi connectivity index (χ2n) is 9.54. The standard InChI is InChI=1S/C25H36O4/c1-17(26)18-5-7-19(8-6-18)24(27)29-23-15-11-21(12-16-23)25(2,3)20-9-13-22(28-4)14-10-20/h5-8,20-23H,9-16H2,1-4H3. The molecule has 0 N–H and O–H groups in total. The molecule has 4 nitrogen and oxygen atoms in total. The van der Waals surface area contributed by atoms with Gasteiger partial charge in [-0.1, -0.05) is 26.0 Å². The van der Waals surface area contributed by atoms with Gasteiger partial charge < -0.3 is 9.47 Å². The Balaban J connectivity index is 1.49. The molecule has 0 heterocycles. The average Bonchev–Trinajstić information content (AvgIpc) is 2.74. The van der Waals surface area contributed by atoms with Crippen molar-refractivity contribution in [2.45, 2.75) is 84.3 Å². The molecule has 160 valence electrons. The Hall–Kier alpha value is -1.68. The fraction of sp³-hybridized carbons (Fsp3) is 0.680. The second-order valence-corrected chi connectivity index (χ2v) is 9.54. The molecule has 0 aliphatic heterocycles. The monoisotopic (exact) mass is 400 g/mol. The number of ketones is 1. The van der Waals surface area contributed by atoms with Crippen LogP contribution in [0.5, 0.6) is 0 Å². The molecule has 29 heavy (non-hydrogen) atoms. The van der Waals surface area contributed by atoms with Crippen LogP contribution in [0.15, 0.2) is 24.3 Å². The number of methoxy groups -OCH3 is 1. The van der Waals surface area contributed by atoms with Gasteiger partial charge in [0, 0.05) is 12.7 Å². The molecule has 2 saturated carbocycles. The number of rotatable bonds is 6.